The lowest BCUT2D eigenvalue weighted by molar-refractivity contribution is 0.252. The summed E-state index contributed by atoms with van der Waals surface area (Å²) >= 11 is 0. The number of aromatic nitrogens is 2. The van der Waals surface area contributed by atoms with Gasteiger partial charge < -0.3 is 5.32 Å². The summed E-state index contributed by atoms with van der Waals surface area (Å²) in [4.78, 5) is 19.1. The van der Waals surface area contributed by atoms with Gasteiger partial charge in [0.05, 0.1) is 0 Å². The molecular weight excluding hydrogens is 204 g/mol. The molecule has 5 nitrogen and oxygen atoms in total. The van der Waals surface area contributed by atoms with E-state index in [1.807, 2.05) is 6.92 Å². The van der Waals surface area contributed by atoms with Crippen LogP contribution in [0.5, 0.6) is 0 Å². The molecule has 0 radical (unpaired) electrons. The van der Waals surface area contributed by atoms with Crippen molar-refractivity contribution in [1.82, 2.24) is 15.3 Å². The Balaban J connectivity index is 2.19. The van der Waals surface area contributed by atoms with Crippen molar-refractivity contribution in [2.24, 2.45) is 0 Å². The summed E-state index contributed by atoms with van der Waals surface area (Å²) in [6.45, 7) is 6.38. The van der Waals surface area contributed by atoms with Gasteiger partial charge in [0.25, 0.3) is 0 Å². The van der Waals surface area contributed by atoms with Crippen molar-refractivity contribution in [2.45, 2.75) is 19.8 Å². The zero-order chi connectivity index (χ0) is 11.8. The van der Waals surface area contributed by atoms with Gasteiger partial charge in [-0.25, -0.2) is 14.8 Å². The first-order valence-corrected chi connectivity index (χ1v) is 5.15. The Kier molecular flexibility index (Phi) is 4.98. The van der Waals surface area contributed by atoms with Crippen LogP contribution in [0.25, 0.3) is 0 Å². The molecule has 1 rings (SSSR count). The number of allylic oxidation sites excluding steroid dienone is 1. The fraction of sp³-hybridized carbons (Fsp3) is 0.364. The molecule has 1 aromatic rings. The first-order chi connectivity index (χ1) is 7.68. The lowest BCUT2D eigenvalue weighted by Gasteiger charge is -2.05. The first kappa shape index (κ1) is 12.2. The molecule has 0 saturated carbocycles. The highest BCUT2D eigenvalue weighted by molar-refractivity contribution is 5.87. The number of anilines is 1. The molecule has 0 saturated heterocycles. The molecule has 2 N–H and O–H groups in total. The van der Waals surface area contributed by atoms with E-state index in [-0.39, 0.29) is 6.03 Å². The van der Waals surface area contributed by atoms with E-state index in [9.17, 15) is 4.79 Å². The quantitative estimate of drug-likeness (QED) is 0.588. The molecule has 0 aliphatic rings. The average molecular weight is 220 g/mol. The Hall–Kier alpha value is -1.91. The highest BCUT2D eigenvalue weighted by atomic mass is 16.2. The molecule has 16 heavy (non-hydrogen) atoms. The largest absolute Gasteiger partial charge is 0.338 e. The van der Waals surface area contributed by atoms with E-state index in [2.05, 4.69) is 27.2 Å². The Morgan fingerprint density at radius 2 is 2.12 bits per heavy atom. The molecule has 0 aliphatic heterocycles. The van der Waals surface area contributed by atoms with Gasteiger partial charge in [-0.15, -0.1) is 6.58 Å². The van der Waals surface area contributed by atoms with Crippen LogP contribution in [0.2, 0.25) is 0 Å². The van der Waals surface area contributed by atoms with Crippen LogP contribution in [0.4, 0.5) is 10.7 Å². The van der Waals surface area contributed by atoms with Crippen molar-refractivity contribution in [3.05, 3.63) is 30.6 Å². The van der Waals surface area contributed by atoms with Crippen molar-refractivity contribution in [1.29, 1.82) is 0 Å². The number of rotatable bonds is 5. The second-order valence-electron chi connectivity index (χ2n) is 3.51. The number of nitrogens with zero attached hydrogens (tertiary/aromatic N) is 2. The summed E-state index contributed by atoms with van der Waals surface area (Å²) in [6, 6.07) is 1.41. The van der Waals surface area contributed by atoms with Gasteiger partial charge in [0.15, 0.2) is 0 Å². The second-order valence-corrected chi connectivity index (χ2v) is 3.51. The molecule has 86 valence electrons. The zero-order valence-corrected chi connectivity index (χ0v) is 9.36. The van der Waals surface area contributed by atoms with E-state index in [0.717, 1.165) is 18.4 Å². The van der Waals surface area contributed by atoms with Crippen molar-refractivity contribution >= 4 is 12.0 Å². The van der Waals surface area contributed by atoms with Gasteiger partial charge in [0.2, 0.25) is 5.95 Å². The Bertz CT molecular complexity index is 350. The molecule has 0 fully saturated rings. The zero-order valence-electron chi connectivity index (χ0n) is 9.36. The summed E-state index contributed by atoms with van der Waals surface area (Å²) in [5, 5.41) is 5.25. The molecule has 1 heterocycles. The van der Waals surface area contributed by atoms with Crippen LogP contribution in [-0.4, -0.2) is 22.5 Å². The fourth-order valence-electron chi connectivity index (χ4n) is 1.10. The number of hydrogen-bond donors (Lipinski definition) is 2. The minimum absolute atomic E-state index is 0.284. The molecule has 5 heteroatoms. The van der Waals surface area contributed by atoms with E-state index in [1.54, 1.807) is 18.5 Å². The SMILES string of the molecule is C=C(C)CCCNC(=O)Nc1ncccn1. The van der Waals surface area contributed by atoms with Crippen LogP contribution >= 0.6 is 0 Å². The molecule has 0 bridgehead atoms. The Morgan fingerprint density at radius 3 is 2.75 bits per heavy atom. The van der Waals surface area contributed by atoms with Gasteiger partial charge >= 0.3 is 6.03 Å². The average Bonchev–Trinajstić information content (AvgIpc) is 2.25. The van der Waals surface area contributed by atoms with Gasteiger partial charge in [0.1, 0.15) is 0 Å². The van der Waals surface area contributed by atoms with Crippen molar-refractivity contribution in [3.8, 4) is 0 Å². The highest BCUT2D eigenvalue weighted by Crippen LogP contribution is 1.98. The van der Waals surface area contributed by atoms with Crippen LogP contribution in [0.1, 0.15) is 19.8 Å². The van der Waals surface area contributed by atoms with Crippen LogP contribution < -0.4 is 10.6 Å². The summed E-state index contributed by atoms with van der Waals surface area (Å²) in [5.74, 6) is 0.305. The summed E-state index contributed by atoms with van der Waals surface area (Å²) < 4.78 is 0. The van der Waals surface area contributed by atoms with Crippen LogP contribution in [0, 0.1) is 0 Å². The predicted molar refractivity (Wildman–Crippen MR) is 63.1 cm³/mol. The van der Waals surface area contributed by atoms with Gasteiger partial charge in [-0.2, -0.15) is 0 Å². The summed E-state index contributed by atoms with van der Waals surface area (Å²) in [7, 11) is 0. The number of amides is 2. The summed E-state index contributed by atoms with van der Waals surface area (Å²) in [6.07, 6.45) is 4.95. The van der Waals surface area contributed by atoms with Gasteiger partial charge in [-0.1, -0.05) is 5.57 Å². The predicted octanol–water partition coefficient (Wildman–Crippen LogP) is 1.95. The van der Waals surface area contributed by atoms with Gasteiger partial charge in [0, 0.05) is 18.9 Å². The van der Waals surface area contributed by atoms with Crippen molar-refractivity contribution < 1.29 is 4.79 Å². The smallest absolute Gasteiger partial charge is 0.321 e. The Labute approximate surface area is 95.0 Å². The second kappa shape index (κ2) is 6.55. The maximum absolute atomic E-state index is 11.3. The van der Waals surface area contributed by atoms with Crippen LogP contribution in [-0.2, 0) is 0 Å². The molecule has 0 aliphatic carbocycles. The molecule has 1 aromatic heterocycles. The normalized spacial score (nSPS) is 9.56. The molecule has 0 spiro atoms. The molecule has 2 amide bonds. The Morgan fingerprint density at radius 1 is 1.44 bits per heavy atom. The fourth-order valence-corrected chi connectivity index (χ4v) is 1.10. The van der Waals surface area contributed by atoms with E-state index in [4.69, 9.17) is 0 Å². The van der Waals surface area contributed by atoms with Crippen LogP contribution in [0.15, 0.2) is 30.6 Å². The maximum Gasteiger partial charge on any atom is 0.321 e. The number of carbonyl (C=O) groups is 1. The van der Waals surface area contributed by atoms with Gasteiger partial charge in [-0.3, -0.25) is 5.32 Å². The minimum atomic E-state index is -0.284. The lowest BCUT2D eigenvalue weighted by atomic mass is 10.2. The number of hydrogen-bond acceptors (Lipinski definition) is 3. The molecule has 0 atom stereocenters. The highest BCUT2D eigenvalue weighted by Gasteiger charge is 2.01. The van der Waals surface area contributed by atoms with E-state index in [1.165, 1.54) is 0 Å². The third-order valence-corrected chi connectivity index (χ3v) is 1.86. The van der Waals surface area contributed by atoms with E-state index < -0.39 is 0 Å². The van der Waals surface area contributed by atoms with E-state index in [0.29, 0.717) is 12.5 Å². The number of carbonyl (C=O) groups excluding carboxylic acids is 1. The standard InChI is InChI=1S/C11H16N4O/c1-9(2)5-3-6-14-11(16)15-10-12-7-4-8-13-10/h4,7-8H,1,3,5-6H2,2H3,(H2,12,13,14,15,16). The van der Waals surface area contributed by atoms with Gasteiger partial charge in [-0.05, 0) is 25.8 Å². The molecule has 0 unspecified atom stereocenters. The van der Waals surface area contributed by atoms with E-state index >= 15 is 0 Å². The summed E-state index contributed by atoms with van der Waals surface area (Å²) in [5.41, 5.74) is 1.12. The van der Waals surface area contributed by atoms with Crippen molar-refractivity contribution in [3.63, 3.8) is 0 Å². The maximum atomic E-state index is 11.3. The minimum Gasteiger partial charge on any atom is -0.338 e. The topological polar surface area (TPSA) is 66.9 Å². The third-order valence-electron chi connectivity index (χ3n) is 1.86. The number of nitrogens with one attached hydrogen (secondary N) is 2. The third kappa shape index (κ3) is 5.09. The number of urea groups is 1. The van der Waals surface area contributed by atoms with Crippen LogP contribution in [0.3, 0.4) is 0 Å². The lowest BCUT2D eigenvalue weighted by Crippen LogP contribution is -2.30. The molecule has 0 aromatic carbocycles. The molecular formula is C11H16N4O. The first-order valence-electron chi connectivity index (χ1n) is 5.15. The van der Waals surface area contributed by atoms with Crippen molar-refractivity contribution in [2.75, 3.05) is 11.9 Å². The monoisotopic (exact) mass is 220 g/mol.